The molecule has 5 rings (SSSR count). The highest BCUT2D eigenvalue weighted by atomic mass is 32.2. The lowest BCUT2D eigenvalue weighted by atomic mass is 10.0. The third-order valence-corrected chi connectivity index (χ3v) is 6.91. The molecule has 4 aromatic rings. The number of aryl methyl sites for hydroxylation is 1. The number of hydrogen-bond acceptors (Lipinski definition) is 3. The molecule has 0 aliphatic carbocycles. The van der Waals surface area contributed by atoms with Gasteiger partial charge in [-0.25, -0.2) is 4.39 Å². The molecule has 6 heteroatoms. The number of nitrogens with zero attached hydrogens (tertiary/aromatic N) is 1. The number of hydrogen-bond donors (Lipinski definition) is 1. The molecule has 1 unspecified atom stereocenters. The van der Waals surface area contributed by atoms with Crippen molar-refractivity contribution >= 4 is 45.7 Å². The number of carbonyl (C=O) groups excluding carboxylic acids is 2. The van der Waals surface area contributed by atoms with Crippen LogP contribution in [-0.4, -0.2) is 17.6 Å². The van der Waals surface area contributed by atoms with Crippen molar-refractivity contribution < 1.29 is 14.0 Å². The van der Waals surface area contributed by atoms with Crippen LogP contribution in [0.5, 0.6) is 0 Å². The van der Waals surface area contributed by atoms with E-state index in [9.17, 15) is 14.0 Å². The number of anilines is 2. The summed E-state index contributed by atoms with van der Waals surface area (Å²) in [5.41, 5.74) is 3.19. The Morgan fingerprint density at radius 1 is 1.00 bits per heavy atom. The summed E-state index contributed by atoms with van der Waals surface area (Å²) in [7, 11) is 0. The Balaban J connectivity index is 1.45. The highest BCUT2D eigenvalue weighted by Gasteiger charge is 2.35. The van der Waals surface area contributed by atoms with Crippen LogP contribution in [0.4, 0.5) is 15.8 Å². The largest absolute Gasteiger partial charge is 0.322 e. The van der Waals surface area contributed by atoms with Crippen LogP contribution >= 0.6 is 11.8 Å². The maximum Gasteiger partial charge on any atom is 0.256 e. The van der Waals surface area contributed by atoms with E-state index in [0.29, 0.717) is 11.3 Å². The Morgan fingerprint density at radius 2 is 1.79 bits per heavy atom. The number of rotatable bonds is 4. The molecule has 1 atom stereocenters. The van der Waals surface area contributed by atoms with E-state index in [1.54, 1.807) is 18.2 Å². The summed E-state index contributed by atoms with van der Waals surface area (Å²) in [6.07, 6.45) is 0. The predicted molar refractivity (Wildman–Crippen MR) is 132 cm³/mol. The van der Waals surface area contributed by atoms with Gasteiger partial charge in [0.25, 0.3) is 5.91 Å². The average molecular weight is 457 g/mol. The zero-order valence-corrected chi connectivity index (χ0v) is 18.7. The van der Waals surface area contributed by atoms with Gasteiger partial charge in [-0.1, -0.05) is 54.6 Å². The topological polar surface area (TPSA) is 49.4 Å². The van der Waals surface area contributed by atoms with Crippen molar-refractivity contribution in [3.63, 3.8) is 0 Å². The summed E-state index contributed by atoms with van der Waals surface area (Å²) in [5.74, 6) is -0.507. The normalized spacial score (nSPS) is 15.8. The van der Waals surface area contributed by atoms with E-state index in [1.807, 2.05) is 67.6 Å². The monoisotopic (exact) mass is 456 g/mol. The van der Waals surface area contributed by atoms with Crippen molar-refractivity contribution in [2.24, 2.45) is 0 Å². The zero-order chi connectivity index (χ0) is 22.9. The number of benzene rings is 4. The molecule has 0 bridgehead atoms. The predicted octanol–water partition coefficient (Wildman–Crippen LogP) is 6.32. The Bertz CT molecular complexity index is 1380. The molecule has 164 valence electrons. The van der Waals surface area contributed by atoms with Gasteiger partial charge in [0.15, 0.2) is 0 Å². The van der Waals surface area contributed by atoms with Gasteiger partial charge in [-0.05, 0) is 59.2 Å². The van der Waals surface area contributed by atoms with Crippen LogP contribution in [0.3, 0.4) is 0 Å². The standard InChI is InChI=1S/C27H21FN2O2S/c1-17-12-13-23(28)24(14-17)30-25(31)16-33-27(30)19-8-4-9-20(15-19)29-26(32)22-11-5-7-18-6-2-3-10-21(18)22/h2-15,27H,16H2,1H3,(H,29,32). The molecule has 1 N–H and O–H groups in total. The van der Waals surface area contributed by atoms with Gasteiger partial charge in [0.1, 0.15) is 11.2 Å². The minimum Gasteiger partial charge on any atom is -0.322 e. The van der Waals surface area contributed by atoms with Crippen molar-refractivity contribution in [2.45, 2.75) is 12.3 Å². The summed E-state index contributed by atoms with van der Waals surface area (Å²) in [5, 5.41) is 4.48. The molecule has 4 nitrogen and oxygen atoms in total. The molecule has 33 heavy (non-hydrogen) atoms. The number of thioether (sulfide) groups is 1. The first-order valence-electron chi connectivity index (χ1n) is 10.6. The highest BCUT2D eigenvalue weighted by Crippen LogP contribution is 2.43. The zero-order valence-electron chi connectivity index (χ0n) is 17.9. The molecule has 1 heterocycles. The molecule has 2 amide bonds. The summed E-state index contributed by atoms with van der Waals surface area (Å²) in [6, 6.07) is 25.5. The van der Waals surface area contributed by atoms with Crippen LogP contribution in [0.15, 0.2) is 84.9 Å². The van der Waals surface area contributed by atoms with Crippen molar-refractivity contribution in [2.75, 3.05) is 16.0 Å². The number of fused-ring (bicyclic) bond motifs is 1. The third kappa shape index (κ3) is 4.10. The maximum atomic E-state index is 14.6. The van der Waals surface area contributed by atoms with E-state index in [2.05, 4.69) is 5.32 Å². The molecule has 0 saturated carbocycles. The molecule has 0 spiro atoms. The van der Waals surface area contributed by atoms with Crippen LogP contribution in [-0.2, 0) is 4.79 Å². The van der Waals surface area contributed by atoms with E-state index < -0.39 is 5.82 Å². The van der Waals surface area contributed by atoms with Crippen molar-refractivity contribution in [1.29, 1.82) is 0 Å². The fraction of sp³-hybridized carbons (Fsp3) is 0.111. The number of halogens is 1. The Hall–Kier alpha value is -3.64. The fourth-order valence-corrected chi connectivity index (χ4v) is 5.29. The minimum atomic E-state index is -0.429. The SMILES string of the molecule is Cc1ccc(F)c(N2C(=O)CSC2c2cccc(NC(=O)c3cccc4ccccc34)c2)c1. The van der Waals surface area contributed by atoms with Gasteiger partial charge in [-0.15, -0.1) is 11.8 Å². The molecule has 1 aliphatic heterocycles. The van der Waals surface area contributed by atoms with Gasteiger partial charge in [0, 0.05) is 11.3 Å². The summed E-state index contributed by atoms with van der Waals surface area (Å²) < 4.78 is 14.6. The quantitative estimate of drug-likeness (QED) is 0.391. The molecule has 1 saturated heterocycles. The first kappa shape index (κ1) is 21.2. The molecular weight excluding hydrogens is 435 g/mol. The Kier molecular flexibility index (Phi) is 5.60. The van der Waals surface area contributed by atoms with E-state index in [4.69, 9.17) is 0 Å². The summed E-state index contributed by atoms with van der Waals surface area (Å²) >= 11 is 1.44. The lowest BCUT2D eigenvalue weighted by Gasteiger charge is -2.25. The van der Waals surface area contributed by atoms with Gasteiger partial charge < -0.3 is 5.32 Å². The second-order valence-electron chi connectivity index (χ2n) is 7.99. The summed E-state index contributed by atoms with van der Waals surface area (Å²) in [6.45, 7) is 1.87. The van der Waals surface area contributed by atoms with Crippen molar-refractivity contribution in [3.8, 4) is 0 Å². The van der Waals surface area contributed by atoms with Crippen LogP contribution in [0.1, 0.15) is 26.9 Å². The lowest BCUT2D eigenvalue weighted by Crippen LogP contribution is -2.28. The second kappa shape index (κ2) is 8.71. The van der Waals surface area contributed by atoms with Crippen molar-refractivity contribution in [1.82, 2.24) is 0 Å². The first-order chi connectivity index (χ1) is 16.0. The number of amides is 2. The molecule has 0 aromatic heterocycles. The average Bonchev–Trinajstić information content (AvgIpc) is 3.21. The van der Waals surface area contributed by atoms with Gasteiger partial charge in [0.2, 0.25) is 5.91 Å². The lowest BCUT2D eigenvalue weighted by molar-refractivity contribution is -0.115. The van der Waals surface area contributed by atoms with Crippen molar-refractivity contribution in [3.05, 3.63) is 107 Å². The molecule has 1 aliphatic rings. The van der Waals surface area contributed by atoms with Gasteiger partial charge in [0.05, 0.1) is 11.4 Å². The number of carbonyl (C=O) groups is 2. The second-order valence-corrected chi connectivity index (χ2v) is 9.06. The van der Waals surface area contributed by atoms with Gasteiger partial charge in [-0.3, -0.25) is 14.5 Å². The fourth-order valence-electron chi connectivity index (χ4n) is 4.13. The van der Waals surface area contributed by atoms with E-state index in [1.165, 1.54) is 22.7 Å². The van der Waals surface area contributed by atoms with E-state index >= 15 is 0 Å². The number of nitrogens with one attached hydrogen (secondary N) is 1. The molecular formula is C27H21FN2O2S. The third-order valence-electron chi connectivity index (χ3n) is 5.69. The molecule has 0 radical (unpaired) electrons. The Labute approximate surface area is 195 Å². The van der Waals surface area contributed by atoms with E-state index in [0.717, 1.165) is 21.9 Å². The maximum absolute atomic E-state index is 14.6. The van der Waals surface area contributed by atoms with Gasteiger partial charge >= 0.3 is 0 Å². The Morgan fingerprint density at radius 3 is 2.67 bits per heavy atom. The van der Waals surface area contributed by atoms with Crippen LogP contribution in [0.2, 0.25) is 0 Å². The molecule has 4 aromatic carbocycles. The van der Waals surface area contributed by atoms with Crippen LogP contribution in [0, 0.1) is 12.7 Å². The summed E-state index contributed by atoms with van der Waals surface area (Å²) in [4.78, 5) is 27.2. The van der Waals surface area contributed by atoms with Gasteiger partial charge in [-0.2, -0.15) is 0 Å². The first-order valence-corrected chi connectivity index (χ1v) is 11.6. The highest BCUT2D eigenvalue weighted by molar-refractivity contribution is 8.00. The minimum absolute atomic E-state index is 0.139. The van der Waals surface area contributed by atoms with Crippen LogP contribution < -0.4 is 10.2 Å². The molecule has 1 fully saturated rings. The van der Waals surface area contributed by atoms with E-state index in [-0.39, 0.29) is 28.6 Å². The smallest absolute Gasteiger partial charge is 0.256 e. The van der Waals surface area contributed by atoms with Crippen LogP contribution in [0.25, 0.3) is 10.8 Å².